The van der Waals surface area contributed by atoms with Gasteiger partial charge in [-0.15, -0.1) is 11.5 Å². The molecule has 2 aromatic carbocycles. The second kappa shape index (κ2) is 12.0. The molecule has 0 heterocycles. The third-order valence-corrected chi connectivity index (χ3v) is 9.53. The lowest BCUT2D eigenvalue weighted by Crippen LogP contribution is -2.29. The average Bonchev–Trinajstić information content (AvgIpc) is 3.68. The van der Waals surface area contributed by atoms with E-state index in [4.69, 9.17) is 0 Å². The Kier molecular flexibility index (Phi) is 8.63. The van der Waals surface area contributed by atoms with Gasteiger partial charge in [-0.1, -0.05) is 95.6 Å². The monoisotopic (exact) mass is 543 g/mol. The van der Waals surface area contributed by atoms with Crippen molar-refractivity contribution >= 4 is 5.57 Å². The maximum Gasteiger partial charge on any atom is 0.0792 e. The molecule has 1 heteroatoms. The molecule has 0 saturated heterocycles. The quantitative estimate of drug-likeness (QED) is 0.241. The van der Waals surface area contributed by atoms with Gasteiger partial charge in [-0.3, -0.25) is 0 Å². The van der Waals surface area contributed by atoms with E-state index < -0.39 is 0 Å². The molecule has 3 unspecified atom stereocenters. The lowest BCUT2D eigenvalue weighted by molar-refractivity contribution is 0.345. The van der Waals surface area contributed by atoms with Crippen molar-refractivity contribution in [3.8, 4) is 0 Å². The van der Waals surface area contributed by atoms with E-state index in [1.807, 2.05) is 0 Å². The van der Waals surface area contributed by atoms with E-state index in [-0.39, 0.29) is 5.41 Å². The van der Waals surface area contributed by atoms with Crippen LogP contribution >= 0.6 is 0 Å². The first-order valence-electron chi connectivity index (χ1n) is 15.9. The molecule has 0 amide bonds. The summed E-state index contributed by atoms with van der Waals surface area (Å²) >= 11 is 0. The first-order chi connectivity index (χ1) is 19.7. The minimum Gasteiger partial charge on any atom is -0.309 e. The van der Waals surface area contributed by atoms with Gasteiger partial charge in [0, 0.05) is 5.57 Å². The van der Waals surface area contributed by atoms with Crippen LogP contribution in [0.3, 0.4) is 0 Å². The van der Waals surface area contributed by atoms with Gasteiger partial charge in [-0.05, 0) is 127 Å². The highest BCUT2D eigenvalue weighted by atomic mass is 15.0. The third kappa shape index (κ3) is 5.69. The minimum atomic E-state index is -0.363. The number of allylic oxidation sites excluding steroid dienone is 6. The largest absolute Gasteiger partial charge is 0.309 e. The highest BCUT2D eigenvalue weighted by Gasteiger charge is 2.48. The van der Waals surface area contributed by atoms with Gasteiger partial charge in [0.05, 0.1) is 5.41 Å². The van der Waals surface area contributed by atoms with Gasteiger partial charge in [0.15, 0.2) is 0 Å². The molecule has 0 bridgehead atoms. The number of hydrogen-bond donors (Lipinski definition) is 0. The third-order valence-electron chi connectivity index (χ3n) is 9.53. The molecule has 0 aromatic heterocycles. The molecule has 0 aliphatic heterocycles. The normalized spacial score (nSPS) is 20.5. The molecule has 3 aliphatic rings. The van der Waals surface area contributed by atoms with Crippen LogP contribution in [0.4, 0.5) is 0 Å². The van der Waals surface area contributed by atoms with E-state index in [0.29, 0.717) is 17.3 Å². The van der Waals surface area contributed by atoms with E-state index in [9.17, 15) is 0 Å². The fourth-order valence-corrected chi connectivity index (χ4v) is 7.20. The number of nitrogens with zero attached hydrogens (tertiary/aromatic N) is 1. The summed E-state index contributed by atoms with van der Waals surface area (Å²) in [4.78, 5) is 2.30. The average molecular weight is 544 g/mol. The maximum absolute atomic E-state index is 4.03. The van der Waals surface area contributed by atoms with E-state index >= 15 is 0 Å². The molecule has 1 nitrogen and oxygen atoms in total. The molecule has 214 valence electrons. The maximum atomic E-state index is 4.03. The van der Waals surface area contributed by atoms with Crippen LogP contribution in [0, 0.1) is 11.3 Å². The zero-order chi connectivity index (χ0) is 29.2. The van der Waals surface area contributed by atoms with Crippen LogP contribution in [0.25, 0.3) is 5.57 Å². The number of hydrogen-bond acceptors (Lipinski definition) is 1. The summed E-state index contributed by atoms with van der Waals surface area (Å²) in [5.74, 6) is 1.13. The van der Waals surface area contributed by atoms with E-state index in [1.54, 1.807) is 0 Å². The lowest BCUT2D eigenvalue weighted by atomic mass is 9.66. The zero-order valence-corrected chi connectivity index (χ0v) is 26.5. The van der Waals surface area contributed by atoms with Crippen molar-refractivity contribution in [3.63, 3.8) is 0 Å². The summed E-state index contributed by atoms with van der Waals surface area (Å²) < 4.78 is 0. The van der Waals surface area contributed by atoms with E-state index in [0.717, 1.165) is 19.4 Å². The number of benzene rings is 2. The molecule has 3 atom stereocenters. The Bertz CT molecular complexity index is 1460. The molecule has 5 rings (SSSR count). The molecular weight excluding hydrogens is 494 g/mol. The van der Waals surface area contributed by atoms with Crippen LogP contribution in [0.5, 0.6) is 0 Å². The van der Waals surface area contributed by atoms with Crippen LogP contribution in [-0.4, -0.2) is 25.5 Å². The summed E-state index contributed by atoms with van der Waals surface area (Å²) in [6.45, 7) is 12.8. The van der Waals surface area contributed by atoms with E-state index in [2.05, 4.69) is 138 Å². The standard InChI is InChI=1S/C40H49N/c1-8-29(14-13-26-39(3,4)5)32-21-24-34(28-32)40(37-17-11-10-15-35(37)36-16-12-18-38(36)40)33-22-19-31(20-23-33)30(9-2)25-27-41(6)7/h10-11,15-24,29-30H,8-9,13-14,25-27H2,1-7H3. The number of fused-ring (bicyclic) bond motifs is 2. The van der Waals surface area contributed by atoms with Crippen LogP contribution in [-0.2, 0) is 5.41 Å². The summed E-state index contributed by atoms with van der Waals surface area (Å²) in [5.41, 5.74) is 18.3. The zero-order valence-electron chi connectivity index (χ0n) is 26.5. The molecule has 0 N–H and O–H groups in total. The van der Waals surface area contributed by atoms with Crippen LogP contribution < -0.4 is 0 Å². The van der Waals surface area contributed by atoms with Gasteiger partial charge >= 0.3 is 0 Å². The van der Waals surface area contributed by atoms with Crippen molar-refractivity contribution in [2.75, 3.05) is 20.6 Å². The van der Waals surface area contributed by atoms with Gasteiger partial charge in [0.2, 0.25) is 0 Å². The molecule has 0 saturated carbocycles. The predicted octanol–water partition coefficient (Wildman–Crippen LogP) is 10.2. The SMILES string of the molecule is CCC(CCCC(C)(C)C)C1=C=C(C2(c3ccc(C(CC)CCN(C)C)cc3)C3=C(C=C=C3)c3ccccc32)C=C1. The van der Waals surface area contributed by atoms with Crippen molar-refractivity contribution < 1.29 is 0 Å². The topological polar surface area (TPSA) is 3.24 Å². The van der Waals surface area contributed by atoms with Gasteiger partial charge in [0.1, 0.15) is 0 Å². The van der Waals surface area contributed by atoms with Gasteiger partial charge in [-0.25, -0.2) is 0 Å². The molecule has 2 aromatic rings. The van der Waals surface area contributed by atoms with Crippen molar-refractivity contribution in [2.24, 2.45) is 11.3 Å². The van der Waals surface area contributed by atoms with Crippen molar-refractivity contribution in [1.82, 2.24) is 4.90 Å². The van der Waals surface area contributed by atoms with Gasteiger partial charge < -0.3 is 4.90 Å². The first kappa shape index (κ1) is 29.4. The molecule has 41 heavy (non-hydrogen) atoms. The van der Waals surface area contributed by atoms with Gasteiger partial charge in [-0.2, -0.15) is 0 Å². The Hall–Kier alpha value is -3.08. The summed E-state index contributed by atoms with van der Waals surface area (Å²) in [7, 11) is 4.34. The molecule has 0 spiro atoms. The van der Waals surface area contributed by atoms with Crippen molar-refractivity contribution in [1.29, 1.82) is 0 Å². The van der Waals surface area contributed by atoms with Gasteiger partial charge in [0.25, 0.3) is 0 Å². The fourth-order valence-electron chi connectivity index (χ4n) is 7.20. The summed E-state index contributed by atoms with van der Waals surface area (Å²) in [6.07, 6.45) is 16.4. The molecular formula is C40H49N. The highest BCUT2D eigenvalue weighted by Crippen LogP contribution is 2.57. The second-order valence-electron chi connectivity index (χ2n) is 13.8. The first-order valence-corrected chi connectivity index (χ1v) is 15.9. The van der Waals surface area contributed by atoms with Crippen LogP contribution in [0.15, 0.2) is 101 Å². The number of rotatable bonds is 12. The minimum absolute atomic E-state index is 0.363. The fraction of sp³-hybridized carbons (Fsp3) is 0.450. The summed E-state index contributed by atoms with van der Waals surface area (Å²) in [5, 5.41) is 0. The van der Waals surface area contributed by atoms with Crippen molar-refractivity contribution in [2.45, 2.75) is 84.5 Å². The predicted molar refractivity (Wildman–Crippen MR) is 176 cm³/mol. The molecule has 0 radical (unpaired) electrons. The van der Waals surface area contributed by atoms with Crippen molar-refractivity contribution in [3.05, 3.63) is 123 Å². The van der Waals surface area contributed by atoms with Crippen LogP contribution in [0.1, 0.15) is 101 Å². The highest BCUT2D eigenvalue weighted by molar-refractivity contribution is 5.93. The van der Waals surface area contributed by atoms with Crippen LogP contribution in [0.2, 0.25) is 0 Å². The second-order valence-corrected chi connectivity index (χ2v) is 13.8. The summed E-state index contributed by atoms with van der Waals surface area (Å²) in [6, 6.07) is 18.6. The molecule has 0 fully saturated rings. The Labute approximate surface area is 249 Å². The Morgan fingerprint density at radius 3 is 2.27 bits per heavy atom. The Morgan fingerprint density at radius 2 is 1.59 bits per heavy atom. The molecule has 3 aliphatic carbocycles. The van der Waals surface area contributed by atoms with E-state index in [1.165, 1.54) is 70.2 Å². The Balaban J connectivity index is 1.60. The lowest BCUT2D eigenvalue weighted by Gasteiger charge is -2.34. The smallest absolute Gasteiger partial charge is 0.0792 e. The Morgan fingerprint density at radius 1 is 0.854 bits per heavy atom.